The van der Waals surface area contributed by atoms with E-state index in [0.717, 1.165) is 36.7 Å². The average molecular weight is 556 g/mol. The van der Waals surface area contributed by atoms with E-state index in [-0.39, 0.29) is 29.9 Å². The number of fused-ring (bicyclic) bond motifs is 1. The van der Waals surface area contributed by atoms with Crippen molar-refractivity contribution in [2.45, 2.75) is 23.8 Å². The van der Waals surface area contributed by atoms with Crippen molar-refractivity contribution in [3.05, 3.63) is 65.9 Å². The van der Waals surface area contributed by atoms with Crippen molar-refractivity contribution in [1.82, 2.24) is 19.1 Å². The number of aromatic nitrogens is 1. The van der Waals surface area contributed by atoms with Crippen LogP contribution < -0.4 is 4.90 Å². The third-order valence-corrected chi connectivity index (χ3v) is 9.61. The highest BCUT2D eigenvalue weighted by molar-refractivity contribution is 7.89. The number of likely N-dealkylation sites (N-methyl/N-ethyl adjacent to an activating group) is 1. The molecule has 0 N–H and O–H groups in total. The summed E-state index contributed by atoms with van der Waals surface area (Å²) in [5.74, 6) is 0.257. The molecular formula is C28H34ClN5O3S. The second-order valence-electron chi connectivity index (χ2n) is 10.5. The van der Waals surface area contributed by atoms with Crippen LogP contribution in [0.2, 0.25) is 5.02 Å². The van der Waals surface area contributed by atoms with Gasteiger partial charge in [0.05, 0.1) is 17.5 Å². The SMILES string of the molecule is CN(C)CC1CN(S(=O)(=O)c2ccc3cc(Cl)ccc3c2)CC(=O)N1CC1CCN(c2ccncc2)CC1. The lowest BCUT2D eigenvalue weighted by molar-refractivity contribution is -0.138. The van der Waals surface area contributed by atoms with Crippen LogP contribution in [-0.2, 0) is 14.8 Å². The molecule has 2 fully saturated rings. The number of anilines is 1. The van der Waals surface area contributed by atoms with Crippen molar-refractivity contribution in [3.63, 3.8) is 0 Å². The Morgan fingerprint density at radius 3 is 2.39 bits per heavy atom. The van der Waals surface area contributed by atoms with Gasteiger partial charge in [-0.15, -0.1) is 0 Å². The van der Waals surface area contributed by atoms with Gasteiger partial charge in [-0.1, -0.05) is 23.7 Å². The van der Waals surface area contributed by atoms with Crippen LogP contribution in [-0.4, -0.2) is 92.8 Å². The fourth-order valence-corrected chi connectivity index (χ4v) is 7.21. The molecule has 38 heavy (non-hydrogen) atoms. The van der Waals surface area contributed by atoms with Crippen LogP contribution in [0, 0.1) is 5.92 Å². The maximum atomic E-state index is 13.6. The van der Waals surface area contributed by atoms with Crippen LogP contribution in [0.1, 0.15) is 12.8 Å². The first kappa shape index (κ1) is 26.9. The largest absolute Gasteiger partial charge is 0.371 e. The molecule has 0 bridgehead atoms. The number of hydrogen-bond acceptors (Lipinski definition) is 6. The number of carbonyl (C=O) groups excluding carboxylic acids is 1. The van der Waals surface area contributed by atoms with Gasteiger partial charge in [0, 0.05) is 55.8 Å². The first-order valence-electron chi connectivity index (χ1n) is 13.0. The zero-order chi connectivity index (χ0) is 26.9. The first-order valence-corrected chi connectivity index (χ1v) is 14.8. The summed E-state index contributed by atoms with van der Waals surface area (Å²) in [6.07, 6.45) is 5.60. The summed E-state index contributed by atoms with van der Waals surface area (Å²) in [6.45, 7) is 3.27. The van der Waals surface area contributed by atoms with Gasteiger partial charge in [0.15, 0.2) is 0 Å². The van der Waals surface area contributed by atoms with Crippen molar-refractivity contribution in [2.24, 2.45) is 5.92 Å². The molecule has 2 aliphatic heterocycles. The Morgan fingerprint density at radius 1 is 1.00 bits per heavy atom. The highest BCUT2D eigenvalue weighted by Gasteiger charge is 2.39. The summed E-state index contributed by atoms with van der Waals surface area (Å²) in [5, 5.41) is 2.27. The molecule has 10 heteroatoms. The summed E-state index contributed by atoms with van der Waals surface area (Å²) in [7, 11) is 0.0751. The van der Waals surface area contributed by atoms with Gasteiger partial charge < -0.3 is 14.7 Å². The number of benzene rings is 2. The Labute approximate surface area is 229 Å². The Hall–Kier alpha value is -2.72. The van der Waals surface area contributed by atoms with Gasteiger partial charge in [-0.25, -0.2) is 8.42 Å². The Balaban J connectivity index is 1.30. The Bertz CT molecular complexity index is 1390. The first-order chi connectivity index (χ1) is 18.2. The molecule has 1 atom stereocenters. The predicted octanol–water partition coefficient (Wildman–Crippen LogP) is 3.57. The van der Waals surface area contributed by atoms with Crippen LogP contribution in [0.15, 0.2) is 65.8 Å². The normalized spacial score (nSPS) is 20.0. The van der Waals surface area contributed by atoms with Crippen molar-refractivity contribution < 1.29 is 13.2 Å². The number of nitrogens with zero attached hydrogens (tertiary/aromatic N) is 5. The molecule has 8 nitrogen and oxygen atoms in total. The Kier molecular flexibility index (Phi) is 7.90. The number of halogens is 1. The molecule has 5 rings (SSSR count). The van der Waals surface area contributed by atoms with Gasteiger partial charge in [0.1, 0.15) is 0 Å². The molecule has 1 aromatic heterocycles. The minimum absolute atomic E-state index is 0.129. The molecule has 0 aliphatic carbocycles. The molecule has 2 aliphatic rings. The number of rotatable bonds is 7. The van der Waals surface area contributed by atoms with Gasteiger partial charge in [0.25, 0.3) is 0 Å². The van der Waals surface area contributed by atoms with Crippen molar-refractivity contribution in [2.75, 3.05) is 58.3 Å². The number of piperidine rings is 1. The molecule has 3 aromatic rings. The molecule has 2 aromatic carbocycles. The lowest BCUT2D eigenvalue weighted by Crippen LogP contribution is -2.61. The van der Waals surface area contributed by atoms with Crippen LogP contribution >= 0.6 is 11.6 Å². The number of hydrogen-bond donors (Lipinski definition) is 0. The monoisotopic (exact) mass is 555 g/mol. The predicted molar refractivity (Wildman–Crippen MR) is 151 cm³/mol. The smallest absolute Gasteiger partial charge is 0.243 e. The summed E-state index contributed by atoms with van der Waals surface area (Å²) >= 11 is 6.09. The zero-order valence-corrected chi connectivity index (χ0v) is 23.4. The van der Waals surface area contributed by atoms with E-state index in [1.54, 1.807) is 24.3 Å². The number of amides is 1. The van der Waals surface area contributed by atoms with Gasteiger partial charge in [-0.3, -0.25) is 9.78 Å². The topological polar surface area (TPSA) is 77.1 Å². The maximum Gasteiger partial charge on any atom is 0.243 e. The summed E-state index contributed by atoms with van der Waals surface area (Å²) < 4.78 is 28.6. The minimum Gasteiger partial charge on any atom is -0.371 e. The fourth-order valence-electron chi connectivity index (χ4n) is 5.57. The van der Waals surface area contributed by atoms with E-state index >= 15 is 0 Å². The average Bonchev–Trinajstić information content (AvgIpc) is 2.90. The number of piperazine rings is 1. The number of pyridine rings is 1. The van der Waals surface area contributed by atoms with E-state index < -0.39 is 10.0 Å². The third kappa shape index (κ3) is 5.81. The summed E-state index contributed by atoms with van der Waals surface area (Å²) in [6, 6.07) is 14.2. The zero-order valence-electron chi connectivity index (χ0n) is 21.8. The summed E-state index contributed by atoms with van der Waals surface area (Å²) in [5.41, 5.74) is 1.18. The van der Waals surface area contributed by atoms with Crippen LogP contribution in [0.25, 0.3) is 10.8 Å². The van der Waals surface area contributed by atoms with Gasteiger partial charge in [0.2, 0.25) is 15.9 Å². The fraction of sp³-hybridized carbons (Fsp3) is 0.429. The summed E-state index contributed by atoms with van der Waals surface area (Å²) in [4.78, 5) is 24.1. The highest BCUT2D eigenvalue weighted by atomic mass is 35.5. The van der Waals surface area contributed by atoms with Crippen LogP contribution in [0.4, 0.5) is 5.69 Å². The van der Waals surface area contributed by atoms with Gasteiger partial charge >= 0.3 is 0 Å². The van der Waals surface area contributed by atoms with Crippen molar-refractivity contribution in [1.29, 1.82) is 0 Å². The highest BCUT2D eigenvalue weighted by Crippen LogP contribution is 2.28. The molecule has 0 radical (unpaired) electrons. The molecule has 1 amide bonds. The van der Waals surface area contributed by atoms with Crippen molar-refractivity contribution in [3.8, 4) is 0 Å². The van der Waals surface area contributed by atoms with E-state index in [2.05, 4.69) is 9.88 Å². The quantitative estimate of drug-likeness (QED) is 0.444. The van der Waals surface area contributed by atoms with Crippen LogP contribution in [0.5, 0.6) is 0 Å². The third-order valence-electron chi connectivity index (χ3n) is 7.57. The lowest BCUT2D eigenvalue weighted by atomic mass is 9.94. The van der Waals surface area contributed by atoms with E-state index in [1.807, 2.05) is 60.6 Å². The van der Waals surface area contributed by atoms with Gasteiger partial charge in [-0.2, -0.15) is 4.31 Å². The molecule has 0 spiro atoms. The molecule has 2 saturated heterocycles. The molecule has 0 saturated carbocycles. The Morgan fingerprint density at radius 2 is 1.68 bits per heavy atom. The van der Waals surface area contributed by atoms with E-state index in [4.69, 9.17) is 11.6 Å². The minimum atomic E-state index is -3.84. The van der Waals surface area contributed by atoms with E-state index in [0.29, 0.717) is 24.0 Å². The van der Waals surface area contributed by atoms with Crippen LogP contribution in [0.3, 0.4) is 0 Å². The van der Waals surface area contributed by atoms with Crippen molar-refractivity contribution >= 4 is 44.0 Å². The van der Waals surface area contributed by atoms with Gasteiger partial charge in [-0.05, 0) is 80.0 Å². The number of carbonyl (C=O) groups is 1. The maximum absolute atomic E-state index is 13.6. The second-order valence-corrected chi connectivity index (χ2v) is 12.9. The number of sulfonamides is 1. The van der Waals surface area contributed by atoms with E-state index in [9.17, 15) is 13.2 Å². The molecular weight excluding hydrogens is 522 g/mol. The second kappa shape index (κ2) is 11.2. The molecule has 202 valence electrons. The standard InChI is InChI=1S/C28H34ClN5O3S/c1-31(2)18-26-19-33(38(36,37)27-6-4-22-15-24(29)5-3-23(22)16-27)20-28(35)34(26)17-21-9-13-32(14-10-21)25-7-11-30-12-8-25/h3-8,11-12,15-16,21,26H,9-10,13-14,17-20H2,1-2H3. The lowest BCUT2D eigenvalue weighted by Gasteiger charge is -2.44. The molecule has 3 heterocycles. The van der Waals surface area contributed by atoms with E-state index in [1.165, 1.54) is 9.99 Å². The molecule has 1 unspecified atom stereocenters.